The van der Waals surface area contributed by atoms with E-state index in [1.165, 1.54) is 0 Å². The van der Waals surface area contributed by atoms with Crippen LogP contribution >= 0.6 is 15.9 Å². The second-order valence-corrected chi connectivity index (χ2v) is 3.95. The Morgan fingerprint density at radius 2 is 2.09 bits per heavy atom. The molecule has 0 unspecified atom stereocenters. The Morgan fingerprint density at radius 3 is 2.64 bits per heavy atom. The van der Waals surface area contributed by atoms with E-state index in [4.69, 9.17) is 9.57 Å². The van der Waals surface area contributed by atoms with Crippen molar-refractivity contribution >= 4 is 20.6 Å². The van der Waals surface area contributed by atoms with Crippen molar-refractivity contribution in [3.63, 3.8) is 0 Å². The average Bonchev–Trinajstić information content (AvgIpc) is 2.34. The van der Waals surface area contributed by atoms with Gasteiger partial charge in [-0.15, -0.1) is 0 Å². The molecule has 1 spiro atoms. The highest BCUT2D eigenvalue weighted by atomic mass is 79.9. The summed E-state index contributed by atoms with van der Waals surface area (Å²) < 4.78 is 6.18. The molecule has 0 aliphatic carbocycles. The normalized spacial score (nSPS) is 28.3. The lowest BCUT2D eigenvalue weighted by molar-refractivity contribution is -0.0919. The maximum atomic E-state index is 5.35. The summed E-state index contributed by atoms with van der Waals surface area (Å²) in [5.41, 5.74) is -0.0307. The first-order valence-electron chi connectivity index (χ1n) is 3.79. The van der Waals surface area contributed by atoms with Gasteiger partial charge >= 0.3 is 0 Å². The fourth-order valence-electron chi connectivity index (χ4n) is 1.49. The van der Waals surface area contributed by atoms with Gasteiger partial charge in [0.15, 0.2) is 0 Å². The van der Waals surface area contributed by atoms with Crippen LogP contribution in [0.15, 0.2) is 5.16 Å². The van der Waals surface area contributed by atoms with Crippen LogP contribution in [0, 0.1) is 0 Å². The molecule has 0 aromatic rings. The van der Waals surface area contributed by atoms with E-state index in [1.54, 1.807) is 0 Å². The number of nitrogens with zero attached hydrogens (tertiary/aromatic N) is 1. The summed E-state index contributed by atoms with van der Waals surface area (Å²) in [6, 6.07) is 0. The Labute approximate surface area is 73.9 Å². The fraction of sp³-hybridized carbons (Fsp3) is 0.857. The summed E-state index contributed by atoms with van der Waals surface area (Å²) in [6.45, 7) is 1.60. The number of halogens is 1. The van der Waals surface area contributed by atoms with Crippen molar-refractivity contribution in [3.8, 4) is 0 Å². The van der Waals surface area contributed by atoms with Gasteiger partial charge in [-0.1, -0.05) is 5.16 Å². The van der Waals surface area contributed by atoms with Crippen molar-refractivity contribution < 1.29 is 9.57 Å². The third-order valence-corrected chi connectivity index (χ3v) is 2.64. The lowest BCUT2D eigenvalue weighted by atomic mass is 9.92. The lowest BCUT2D eigenvalue weighted by Crippen LogP contribution is -2.35. The van der Waals surface area contributed by atoms with Crippen LogP contribution in [0.25, 0.3) is 0 Å². The van der Waals surface area contributed by atoms with Crippen LogP contribution in [0.2, 0.25) is 0 Å². The molecule has 1 fully saturated rings. The van der Waals surface area contributed by atoms with Crippen molar-refractivity contribution in [3.05, 3.63) is 0 Å². The molecule has 2 heterocycles. The summed E-state index contributed by atoms with van der Waals surface area (Å²) in [5.74, 6) is 0. The van der Waals surface area contributed by atoms with Crippen LogP contribution in [0.1, 0.15) is 19.3 Å². The van der Waals surface area contributed by atoms with E-state index in [1.807, 2.05) is 0 Å². The number of hydrogen-bond acceptors (Lipinski definition) is 3. The fourth-order valence-corrected chi connectivity index (χ4v) is 2.07. The Bertz CT molecular complexity index is 187. The van der Waals surface area contributed by atoms with E-state index in [9.17, 15) is 0 Å². The van der Waals surface area contributed by atoms with Gasteiger partial charge in [0.2, 0.25) is 0 Å². The molecule has 0 atom stereocenters. The van der Waals surface area contributed by atoms with Crippen LogP contribution in [0.5, 0.6) is 0 Å². The van der Waals surface area contributed by atoms with Crippen molar-refractivity contribution in [2.45, 2.75) is 24.9 Å². The summed E-state index contributed by atoms with van der Waals surface area (Å²) in [6.07, 6.45) is 2.84. The zero-order valence-corrected chi connectivity index (χ0v) is 7.76. The predicted molar refractivity (Wildman–Crippen MR) is 44.8 cm³/mol. The molecule has 0 radical (unpaired) electrons. The van der Waals surface area contributed by atoms with Crippen molar-refractivity contribution in [2.24, 2.45) is 5.16 Å². The van der Waals surface area contributed by atoms with Gasteiger partial charge in [0.05, 0.1) is 13.2 Å². The molecule has 2 aliphatic rings. The number of rotatable bonds is 0. The van der Waals surface area contributed by atoms with Gasteiger partial charge in [0.1, 0.15) is 10.2 Å². The molecule has 0 aromatic carbocycles. The summed E-state index contributed by atoms with van der Waals surface area (Å²) in [4.78, 5) is 5.35. The standard InChI is InChI=1S/C7H10BrNO2/c8-6-5-7(11-9-6)1-3-10-4-2-7/h1-5H2. The third kappa shape index (κ3) is 1.42. The second kappa shape index (κ2) is 2.75. The molecule has 2 aliphatic heterocycles. The highest BCUT2D eigenvalue weighted by molar-refractivity contribution is 9.18. The Kier molecular flexibility index (Phi) is 1.89. The Hall–Kier alpha value is -0.0900. The van der Waals surface area contributed by atoms with E-state index in [2.05, 4.69) is 21.1 Å². The zero-order valence-electron chi connectivity index (χ0n) is 6.18. The van der Waals surface area contributed by atoms with Gasteiger partial charge in [-0.3, -0.25) is 0 Å². The molecular formula is C7H10BrNO2. The van der Waals surface area contributed by atoms with Crippen molar-refractivity contribution in [1.82, 2.24) is 0 Å². The molecule has 4 heteroatoms. The maximum Gasteiger partial charge on any atom is 0.148 e. The molecule has 2 rings (SSSR count). The molecular weight excluding hydrogens is 210 g/mol. The molecule has 0 aromatic heterocycles. The number of hydrogen-bond donors (Lipinski definition) is 0. The van der Waals surface area contributed by atoms with Crippen molar-refractivity contribution in [1.29, 1.82) is 0 Å². The van der Waals surface area contributed by atoms with Gasteiger partial charge in [-0.05, 0) is 15.9 Å². The topological polar surface area (TPSA) is 30.8 Å². The third-order valence-electron chi connectivity index (χ3n) is 2.21. The monoisotopic (exact) mass is 219 g/mol. The first kappa shape index (κ1) is 7.55. The summed E-state index contributed by atoms with van der Waals surface area (Å²) in [7, 11) is 0. The predicted octanol–water partition coefficient (Wildman–Crippen LogP) is 1.66. The Morgan fingerprint density at radius 1 is 1.36 bits per heavy atom. The van der Waals surface area contributed by atoms with Crippen LogP contribution in [0.4, 0.5) is 0 Å². The molecule has 0 bridgehead atoms. The molecule has 1 saturated heterocycles. The van der Waals surface area contributed by atoms with Crippen LogP contribution in [-0.4, -0.2) is 23.4 Å². The number of oxime groups is 1. The van der Waals surface area contributed by atoms with Gasteiger partial charge in [-0.2, -0.15) is 0 Å². The van der Waals surface area contributed by atoms with Gasteiger partial charge < -0.3 is 9.57 Å². The molecule has 0 amide bonds. The minimum absolute atomic E-state index is 0.0307. The van der Waals surface area contributed by atoms with Gasteiger partial charge in [0.25, 0.3) is 0 Å². The van der Waals surface area contributed by atoms with E-state index >= 15 is 0 Å². The van der Waals surface area contributed by atoms with Gasteiger partial charge in [-0.25, -0.2) is 0 Å². The molecule has 0 saturated carbocycles. The molecule has 3 nitrogen and oxygen atoms in total. The smallest absolute Gasteiger partial charge is 0.148 e. The highest BCUT2D eigenvalue weighted by Crippen LogP contribution is 2.34. The highest BCUT2D eigenvalue weighted by Gasteiger charge is 2.39. The SMILES string of the molecule is BrC1=NOC2(CCOCC2)C1. The van der Waals surface area contributed by atoms with Crippen LogP contribution in [-0.2, 0) is 9.57 Å². The van der Waals surface area contributed by atoms with Crippen LogP contribution in [0.3, 0.4) is 0 Å². The average molecular weight is 220 g/mol. The molecule has 62 valence electrons. The maximum absolute atomic E-state index is 5.35. The second-order valence-electron chi connectivity index (χ2n) is 3.03. The van der Waals surface area contributed by atoms with Crippen molar-refractivity contribution in [2.75, 3.05) is 13.2 Å². The van der Waals surface area contributed by atoms with Crippen LogP contribution < -0.4 is 0 Å². The minimum Gasteiger partial charge on any atom is -0.388 e. The van der Waals surface area contributed by atoms with E-state index in [-0.39, 0.29) is 5.60 Å². The first-order chi connectivity index (χ1) is 5.31. The van der Waals surface area contributed by atoms with E-state index in [0.717, 1.165) is 37.1 Å². The first-order valence-corrected chi connectivity index (χ1v) is 4.58. The molecule has 0 N–H and O–H groups in total. The quantitative estimate of drug-likeness (QED) is 0.621. The van der Waals surface area contributed by atoms with E-state index in [0.29, 0.717) is 0 Å². The minimum atomic E-state index is -0.0307. The lowest BCUT2D eigenvalue weighted by Gasteiger charge is -2.30. The summed E-state index contributed by atoms with van der Waals surface area (Å²) >= 11 is 3.33. The Balaban J connectivity index is 2.01. The molecule has 11 heavy (non-hydrogen) atoms. The largest absolute Gasteiger partial charge is 0.388 e. The number of ether oxygens (including phenoxy) is 1. The van der Waals surface area contributed by atoms with Gasteiger partial charge in [0, 0.05) is 19.3 Å². The zero-order chi connectivity index (χ0) is 7.73. The summed E-state index contributed by atoms with van der Waals surface area (Å²) in [5, 5.41) is 3.89. The van der Waals surface area contributed by atoms with E-state index < -0.39 is 0 Å².